The summed E-state index contributed by atoms with van der Waals surface area (Å²) in [6.07, 6.45) is 14.4. The minimum Gasteiger partial charge on any atom is -0.393 e. The molecule has 0 aliphatic heterocycles. The Labute approximate surface area is 200 Å². The van der Waals surface area contributed by atoms with Crippen molar-refractivity contribution in [1.82, 2.24) is 0 Å². The molecule has 2 N–H and O–H groups in total. The van der Waals surface area contributed by atoms with Crippen LogP contribution in [0.4, 0.5) is 0 Å². The van der Waals surface area contributed by atoms with Crippen molar-refractivity contribution in [3.63, 3.8) is 0 Å². The molecule has 3 aliphatic rings. The summed E-state index contributed by atoms with van der Waals surface area (Å²) in [5.74, 6) is 1.06. The lowest BCUT2D eigenvalue weighted by atomic mass is 9.62. The summed E-state index contributed by atoms with van der Waals surface area (Å²) >= 11 is 0. The third kappa shape index (κ3) is 5.77. The molecule has 0 amide bonds. The van der Waals surface area contributed by atoms with Gasteiger partial charge in [-0.05, 0) is 78.8 Å². The van der Waals surface area contributed by atoms with E-state index in [2.05, 4.69) is 64.6 Å². The molecule has 0 radical (unpaired) electrons. The van der Waals surface area contributed by atoms with Gasteiger partial charge >= 0.3 is 0 Å². The second-order valence-electron chi connectivity index (χ2n) is 12.1. The zero-order valence-electron chi connectivity index (χ0n) is 21.4. The van der Waals surface area contributed by atoms with E-state index < -0.39 is 12.2 Å². The Hall–Kier alpha value is -1.52. The van der Waals surface area contributed by atoms with Crippen LogP contribution in [0.1, 0.15) is 92.4 Å². The van der Waals surface area contributed by atoms with E-state index in [-0.39, 0.29) is 16.9 Å². The molecule has 0 aromatic rings. The normalized spacial score (nSPS) is 34.8. The molecule has 4 heteroatoms. The molecule has 3 aliphatic carbocycles. The van der Waals surface area contributed by atoms with Crippen LogP contribution >= 0.6 is 0 Å². The largest absolute Gasteiger partial charge is 0.393 e. The van der Waals surface area contributed by atoms with Gasteiger partial charge in [-0.3, -0.25) is 0 Å². The fraction of sp³-hybridized carbons (Fsp3) is 0.724. The van der Waals surface area contributed by atoms with Crippen LogP contribution in [0.3, 0.4) is 0 Å². The average molecular weight is 456 g/mol. The molecular formula is C29H45NO3. The summed E-state index contributed by atoms with van der Waals surface area (Å²) in [4.78, 5) is 11.3. The highest BCUT2D eigenvalue weighted by molar-refractivity contribution is 5.40. The Balaban J connectivity index is 1.67. The smallest absolute Gasteiger partial charge is 0.0967 e. The van der Waals surface area contributed by atoms with Gasteiger partial charge in [0.1, 0.15) is 0 Å². The fourth-order valence-electron chi connectivity index (χ4n) is 6.50. The maximum atomic E-state index is 11.3. The van der Waals surface area contributed by atoms with E-state index in [1.807, 2.05) is 0 Å². The molecule has 1 unspecified atom stereocenters. The average Bonchev–Trinajstić information content (AvgIpc) is 3.09. The van der Waals surface area contributed by atoms with Gasteiger partial charge in [-0.1, -0.05) is 82.2 Å². The van der Waals surface area contributed by atoms with Crippen LogP contribution in [0.5, 0.6) is 0 Å². The molecule has 0 saturated heterocycles. The number of fused-ring (bicyclic) bond motifs is 1. The van der Waals surface area contributed by atoms with Gasteiger partial charge in [0.25, 0.3) is 0 Å². The Morgan fingerprint density at radius 3 is 2.67 bits per heavy atom. The molecular weight excluding hydrogens is 410 g/mol. The van der Waals surface area contributed by atoms with Crippen molar-refractivity contribution in [2.45, 2.75) is 111 Å². The van der Waals surface area contributed by atoms with Crippen LogP contribution in [0, 0.1) is 27.6 Å². The van der Waals surface area contributed by atoms with Crippen LogP contribution in [-0.2, 0) is 0 Å². The van der Waals surface area contributed by atoms with Gasteiger partial charge < -0.3 is 10.2 Å². The van der Waals surface area contributed by atoms with Crippen LogP contribution in [-0.4, -0.2) is 28.5 Å². The number of hydrogen-bond donors (Lipinski definition) is 2. The molecule has 6 atom stereocenters. The molecule has 0 spiro atoms. The molecule has 2 saturated carbocycles. The quantitative estimate of drug-likeness (QED) is 0.320. The van der Waals surface area contributed by atoms with Crippen LogP contribution in [0.2, 0.25) is 0 Å². The first-order valence-electron chi connectivity index (χ1n) is 12.9. The Kier molecular flexibility index (Phi) is 8.22. The zero-order chi connectivity index (χ0) is 24.4. The Morgan fingerprint density at radius 1 is 1.27 bits per heavy atom. The first-order valence-corrected chi connectivity index (χ1v) is 12.9. The van der Waals surface area contributed by atoms with Gasteiger partial charge in [-0.2, -0.15) is 4.91 Å². The highest BCUT2D eigenvalue weighted by Crippen LogP contribution is 2.57. The predicted octanol–water partition coefficient (Wildman–Crippen LogP) is 7.04. The van der Waals surface area contributed by atoms with Gasteiger partial charge in [0.2, 0.25) is 0 Å². The van der Waals surface area contributed by atoms with Crippen molar-refractivity contribution in [1.29, 1.82) is 0 Å². The maximum absolute atomic E-state index is 11.3. The number of aliphatic hydroxyl groups is 2. The zero-order valence-corrected chi connectivity index (χ0v) is 21.4. The lowest BCUT2D eigenvalue weighted by Gasteiger charge is -2.42. The van der Waals surface area contributed by atoms with E-state index in [0.29, 0.717) is 24.7 Å². The van der Waals surface area contributed by atoms with Crippen molar-refractivity contribution in [2.75, 3.05) is 0 Å². The molecule has 0 heterocycles. The summed E-state index contributed by atoms with van der Waals surface area (Å²) in [6.45, 7) is 15.2. The Bertz CT molecular complexity index is 830. The number of nitroso groups, excluding NO2 is 1. The SMILES string of the molecule is C=C1C(=CC=C2CCC[C@]3(C)C([C@H](C)CCCC(N=O)C(C)(C)C)=CC[C@@H]23)C[C@@H](O)C[C@@H]1O. The van der Waals surface area contributed by atoms with Crippen molar-refractivity contribution >= 4 is 0 Å². The second-order valence-corrected chi connectivity index (χ2v) is 12.1. The van der Waals surface area contributed by atoms with E-state index in [1.165, 1.54) is 18.4 Å². The predicted molar refractivity (Wildman–Crippen MR) is 137 cm³/mol. The molecule has 33 heavy (non-hydrogen) atoms. The molecule has 4 nitrogen and oxygen atoms in total. The summed E-state index contributed by atoms with van der Waals surface area (Å²) < 4.78 is 0. The van der Waals surface area contributed by atoms with Crippen LogP contribution in [0.15, 0.2) is 52.3 Å². The minimum absolute atomic E-state index is 0.0675. The van der Waals surface area contributed by atoms with E-state index in [1.54, 1.807) is 5.57 Å². The van der Waals surface area contributed by atoms with E-state index in [9.17, 15) is 15.1 Å². The van der Waals surface area contributed by atoms with Crippen LogP contribution in [0.25, 0.3) is 0 Å². The third-order valence-corrected chi connectivity index (χ3v) is 8.65. The van der Waals surface area contributed by atoms with E-state index in [0.717, 1.165) is 43.3 Å². The number of rotatable bonds is 7. The van der Waals surface area contributed by atoms with Crippen LogP contribution < -0.4 is 0 Å². The maximum Gasteiger partial charge on any atom is 0.0967 e. The summed E-state index contributed by atoms with van der Waals surface area (Å²) in [5, 5.41) is 23.6. The fourth-order valence-corrected chi connectivity index (χ4v) is 6.50. The highest BCUT2D eigenvalue weighted by Gasteiger charge is 2.45. The summed E-state index contributed by atoms with van der Waals surface area (Å²) in [7, 11) is 0. The van der Waals surface area contributed by atoms with E-state index in [4.69, 9.17) is 0 Å². The lowest BCUT2D eigenvalue weighted by molar-refractivity contribution is 0.0862. The number of hydrogen-bond acceptors (Lipinski definition) is 4. The standard InChI is InChI=1S/C29H45NO3/c1-19(9-7-11-27(30-33)28(3,4)5)24-14-15-25-21(10-8-16-29(24,25)6)12-13-22-17-23(31)18-26(32)20(22)2/h12-14,19,23,25-27,31-32H,2,7-11,15-18H2,1,3-6H3/t19-,23-,25+,26+,27?,29-/m1/s1. The van der Waals surface area contributed by atoms with Crippen molar-refractivity contribution < 1.29 is 10.2 Å². The number of nitrogens with zero attached hydrogens (tertiary/aromatic N) is 1. The highest BCUT2D eigenvalue weighted by atomic mass is 16.3. The van der Waals surface area contributed by atoms with Gasteiger partial charge in [0, 0.05) is 6.42 Å². The first kappa shape index (κ1) is 26.1. The molecule has 0 bridgehead atoms. The molecule has 2 fully saturated rings. The molecule has 184 valence electrons. The molecule has 0 aromatic heterocycles. The molecule has 0 aromatic carbocycles. The van der Waals surface area contributed by atoms with Crippen molar-refractivity contribution in [3.05, 3.63) is 52.0 Å². The van der Waals surface area contributed by atoms with Crippen molar-refractivity contribution in [2.24, 2.45) is 27.8 Å². The number of allylic oxidation sites excluding steroid dienone is 5. The third-order valence-electron chi connectivity index (χ3n) is 8.65. The lowest BCUT2D eigenvalue weighted by Crippen LogP contribution is -2.32. The second kappa shape index (κ2) is 10.4. The topological polar surface area (TPSA) is 69.9 Å². The summed E-state index contributed by atoms with van der Waals surface area (Å²) in [6, 6.07) is -0.116. The van der Waals surface area contributed by atoms with Gasteiger partial charge in [0.15, 0.2) is 0 Å². The monoisotopic (exact) mass is 455 g/mol. The number of aliphatic hydroxyl groups excluding tert-OH is 2. The minimum atomic E-state index is -0.636. The van der Waals surface area contributed by atoms with E-state index >= 15 is 0 Å². The Morgan fingerprint density at radius 2 is 2.00 bits per heavy atom. The van der Waals surface area contributed by atoms with Crippen molar-refractivity contribution in [3.8, 4) is 0 Å². The summed E-state index contributed by atoms with van der Waals surface area (Å²) in [5.41, 5.74) is 4.98. The van der Waals surface area contributed by atoms with Gasteiger partial charge in [-0.25, -0.2) is 0 Å². The van der Waals surface area contributed by atoms with Gasteiger partial charge in [0.05, 0.1) is 18.2 Å². The van der Waals surface area contributed by atoms with Gasteiger partial charge in [-0.15, -0.1) is 0 Å². The molecule has 3 rings (SSSR count). The first-order chi connectivity index (χ1) is 15.5.